The van der Waals surface area contributed by atoms with Crippen LogP contribution < -0.4 is 14.8 Å². The van der Waals surface area contributed by atoms with Gasteiger partial charge in [0.25, 0.3) is 5.91 Å². The molecule has 12 heteroatoms. The Morgan fingerprint density at radius 1 is 1.18 bits per heavy atom. The number of aromatic nitrogens is 2. The van der Waals surface area contributed by atoms with E-state index >= 15 is 0 Å². The number of nitriles is 1. The van der Waals surface area contributed by atoms with Crippen LogP contribution in [-0.4, -0.2) is 44.0 Å². The number of ether oxygens (including phenoxy) is 2. The van der Waals surface area contributed by atoms with Crippen molar-refractivity contribution < 1.29 is 22.7 Å². The Balaban J connectivity index is 1.60. The lowest BCUT2D eigenvalue weighted by atomic mass is 10.1. The summed E-state index contributed by atoms with van der Waals surface area (Å²) in [5.74, 6) is 0.406. The molecule has 0 unspecified atom stereocenters. The van der Waals surface area contributed by atoms with Gasteiger partial charge >= 0.3 is 0 Å². The van der Waals surface area contributed by atoms with Gasteiger partial charge in [0, 0.05) is 6.26 Å². The first-order chi connectivity index (χ1) is 16.2. The minimum Gasteiger partial charge on any atom is -0.490 e. The van der Waals surface area contributed by atoms with Crippen LogP contribution in [0.4, 0.5) is 5.13 Å². The number of benzene rings is 2. The fourth-order valence-corrected chi connectivity index (χ4v) is 4.31. The molecule has 0 bridgehead atoms. The van der Waals surface area contributed by atoms with Gasteiger partial charge in [-0.3, -0.25) is 10.1 Å². The molecule has 9 nitrogen and oxygen atoms in total. The Morgan fingerprint density at radius 3 is 2.50 bits per heavy atom. The quantitative estimate of drug-likeness (QED) is 0.195. The van der Waals surface area contributed by atoms with Crippen LogP contribution in [0.1, 0.15) is 11.1 Å². The number of amides is 1. The van der Waals surface area contributed by atoms with E-state index < -0.39 is 15.7 Å². The Bertz CT molecular complexity index is 1360. The van der Waals surface area contributed by atoms with E-state index in [4.69, 9.17) is 21.1 Å². The molecule has 0 saturated carbocycles. The third-order valence-electron chi connectivity index (χ3n) is 4.21. The van der Waals surface area contributed by atoms with E-state index in [1.807, 2.05) is 31.2 Å². The lowest BCUT2D eigenvalue weighted by Gasteiger charge is -2.10. The van der Waals surface area contributed by atoms with Gasteiger partial charge in [-0.05, 0) is 42.8 Å². The smallest absolute Gasteiger partial charge is 0.268 e. The number of hydrogen-bond donors (Lipinski definition) is 1. The molecular formula is C22H19ClN4O5S2. The zero-order valence-corrected chi connectivity index (χ0v) is 20.5. The zero-order chi connectivity index (χ0) is 24.7. The summed E-state index contributed by atoms with van der Waals surface area (Å²) >= 11 is 6.96. The maximum atomic E-state index is 12.4. The van der Waals surface area contributed by atoms with Crippen LogP contribution in [-0.2, 0) is 14.6 Å². The van der Waals surface area contributed by atoms with Crippen LogP contribution in [0, 0.1) is 18.3 Å². The highest BCUT2D eigenvalue weighted by molar-refractivity contribution is 7.92. The average molecular weight is 519 g/mol. The first-order valence-corrected chi connectivity index (χ1v) is 12.8. The first-order valence-electron chi connectivity index (χ1n) is 9.74. The number of carbonyl (C=O) groups excluding carboxylic acids is 1. The fraction of sp³-hybridized carbons (Fsp3) is 0.182. The molecule has 0 radical (unpaired) electrons. The summed E-state index contributed by atoms with van der Waals surface area (Å²) in [6, 6.07) is 14.3. The number of rotatable bonds is 9. The van der Waals surface area contributed by atoms with E-state index in [1.165, 1.54) is 6.08 Å². The van der Waals surface area contributed by atoms with Crippen molar-refractivity contribution >= 4 is 49.9 Å². The Labute approximate surface area is 205 Å². The molecule has 1 aromatic heterocycles. The van der Waals surface area contributed by atoms with Crippen molar-refractivity contribution in [2.45, 2.75) is 11.3 Å². The van der Waals surface area contributed by atoms with Crippen molar-refractivity contribution in [1.29, 1.82) is 5.26 Å². The third kappa shape index (κ3) is 7.02. The number of aryl methyl sites for hydroxylation is 1. The van der Waals surface area contributed by atoms with Crippen LogP contribution in [0.3, 0.4) is 0 Å². The van der Waals surface area contributed by atoms with Crippen LogP contribution in [0.25, 0.3) is 6.08 Å². The number of sulfone groups is 1. The lowest BCUT2D eigenvalue weighted by Crippen LogP contribution is -2.13. The average Bonchev–Trinajstić information content (AvgIpc) is 3.26. The summed E-state index contributed by atoms with van der Waals surface area (Å²) in [6.07, 6.45) is 2.32. The topological polar surface area (TPSA) is 131 Å². The molecule has 2 aromatic carbocycles. The summed E-state index contributed by atoms with van der Waals surface area (Å²) in [5, 5.41) is 19.1. The van der Waals surface area contributed by atoms with E-state index in [9.17, 15) is 18.5 Å². The number of hydrogen-bond acceptors (Lipinski definition) is 9. The molecule has 0 spiro atoms. The summed E-state index contributed by atoms with van der Waals surface area (Å²) in [7, 11) is -3.55. The molecule has 1 amide bonds. The highest BCUT2D eigenvalue weighted by atomic mass is 35.5. The maximum Gasteiger partial charge on any atom is 0.268 e. The number of nitrogens with one attached hydrogen (secondary N) is 1. The SMILES string of the molecule is Cc1ccc(OCCOc2ccc(C=C(C#N)C(=O)Nc3nnc(S(C)(=O)=O)s3)cc2Cl)cc1. The molecule has 0 atom stereocenters. The summed E-state index contributed by atoms with van der Waals surface area (Å²) in [6.45, 7) is 2.59. The highest BCUT2D eigenvalue weighted by Gasteiger charge is 2.17. The summed E-state index contributed by atoms with van der Waals surface area (Å²) < 4.78 is 34.0. The van der Waals surface area contributed by atoms with Crippen molar-refractivity contribution in [2.75, 3.05) is 24.8 Å². The Kier molecular flexibility index (Phi) is 8.22. The zero-order valence-electron chi connectivity index (χ0n) is 18.1. The Morgan fingerprint density at radius 2 is 1.88 bits per heavy atom. The standard InChI is InChI=1S/C22H19ClN4O5S2/c1-14-3-6-17(7-4-14)31-9-10-32-19-8-5-15(12-18(19)23)11-16(13-24)20(28)25-21-26-27-22(33-21)34(2,29)30/h3-8,11-12H,9-10H2,1-2H3,(H,25,26,28). The van der Waals surface area contributed by atoms with Crippen LogP contribution in [0.2, 0.25) is 5.02 Å². The minimum absolute atomic E-state index is 0.0405. The number of halogens is 1. The normalized spacial score (nSPS) is 11.5. The second kappa shape index (κ2) is 11.1. The predicted molar refractivity (Wildman–Crippen MR) is 129 cm³/mol. The van der Waals surface area contributed by atoms with Crippen molar-refractivity contribution in [3.63, 3.8) is 0 Å². The molecular weight excluding hydrogens is 500 g/mol. The maximum absolute atomic E-state index is 12.4. The van der Waals surface area contributed by atoms with Crippen LogP contribution in [0.5, 0.6) is 11.5 Å². The third-order valence-corrected chi connectivity index (χ3v) is 7.01. The van der Waals surface area contributed by atoms with Crippen LogP contribution in [0.15, 0.2) is 52.4 Å². The lowest BCUT2D eigenvalue weighted by molar-refractivity contribution is -0.112. The van der Waals surface area contributed by atoms with Crippen LogP contribution >= 0.6 is 22.9 Å². The molecule has 0 aliphatic rings. The fourth-order valence-electron chi connectivity index (χ4n) is 2.56. The van der Waals surface area contributed by atoms with Gasteiger partial charge in [-0.1, -0.05) is 46.7 Å². The second-order valence-corrected chi connectivity index (χ2v) is 10.5. The van der Waals surface area contributed by atoms with E-state index in [1.54, 1.807) is 24.3 Å². The molecule has 176 valence electrons. The minimum atomic E-state index is -3.55. The van der Waals surface area contributed by atoms with Crippen molar-refractivity contribution in [1.82, 2.24) is 10.2 Å². The van der Waals surface area contributed by atoms with Gasteiger partial charge < -0.3 is 9.47 Å². The number of carbonyl (C=O) groups is 1. The molecule has 0 saturated heterocycles. The predicted octanol–water partition coefficient (Wildman–Crippen LogP) is 3.91. The molecule has 34 heavy (non-hydrogen) atoms. The van der Waals surface area contributed by atoms with Gasteiger partial charge in [-0.25, -0.2) is 8.42 Å². The van der Waals surface area contributed by atoms with Crippen molar-refractivity contribution in [3.05, 3.63) is 64.2 Å². The van der Waals surface area contributed by atoms with Gasteiger partial charge in [0.15, 0.2) is 0 Å². The number of anilines is 1. The van der Waals surface area contributed by atoms with E-state index in [2.05, 4.69) is 15.5 Å². The Hall–Kier alpha value is -3.46. The molecule has 3 rings (SSSR count). The van der Waals surface area contributed by atoms with Gasteiger partial charge in [0.05, 0.1) is 5.02 Å². The molecule has 0 aliphatic carbocycles. The number of nitrogens with zero attached hydrogens (tertiary/aromatic N) is 3. The molecule has 1 N–H and O–H groups in total. The van der Waals surface area contributed by atoms with Gasteiger partial charge in [-0.2, -0.15) is 5.26 Å². The monoisotopic (exact) mass is 518 g/mol. The highest BCUT2D eigenvalue weighted by Crippen LogP contribution is 2.27. The van der Waals surface area contributed by atoms with Gasteiger partial charge in [-0.15, -0.1) is 10.2 Å². The molecule has 3 aromatic rings. The van der Waals surface area contributed by atoms with E-state index in [-0.39, 0.29) is 21.7 Å². The largest absolute Gasteiger partial charge is 0.490 e. The van der Waals surface area contributed by atoms with Crippen molar-refractivity contribution in [2.24, 2.45) is 0 Å². The summed E-state index contributed by atoms with van der Waals surface area (Å²) in [4.78, 5) is 12.4. The van der Waals surface area contributed by atoms with Gasteiger partial charge in [0.1, 0.15) is 36.4 Å². The molecule has 0 aliphatic heterocycles. The summed E-state index contributed by atoms with van der Waals surface area (Å²) in [5.41, 5.74) is 1.41. The molecule has 0 fully saturated rings. The van der Waals surface area contributed by atoms with E-state index in [0.29, 0.717) is 34.3 Å². The second-order valence-electron chi connectivity index (χ2n) is 6.97. The molecule has 1 heterocycles. The van der Waals surface area contributed by atoms with Crippen molar-refractivity contribution in [3.8, 4) is 17.6 Å². The first kappa shape index (κ1) is 25.2. The van der Waals surface area contributed by atoms with Gasteiger partial charge in [0.2, 0.25) is 19.3 Å². The van der Waals surface area contributed by atoms with E-state index in [0.717, 1.165) is 17.6 Å².